The largest absolute Gasteiger partial charge is 0.506 e. The van der Waals surface area contributed by atoms with Crippen LogP contribution in [0.3, 0.4) is 0 Å². The number of halogens is 1. The van der Waals surface area contributed by atoms with Gasteiger partial charge >= 0.3 is 5.97 Å². The van der Waals surface area contributed by atoms with Crippen LogP contribution in [-0.2, 0) is 11.2 Å². The Labute approximate surface area is 93.3 Å². The van der Waals surface area contributed by atoms with Gasteiger partial charge in [-0.15, -0.1) is 0 Å². The van der Waals surface area contributed by atoms with Crippen LogP contribution in [0.1, 0.15) is 5.56 Å². The number of carboxylic acids is 1. The summed E-state index contributed by atoms with van der Waals surface area (Å²) < 4.78 is 5.53. The first-order chi connectivity index (χ1) is 7.09. The van der Waals surface area contributed by atoms with Gasteiger partial charge in [-0.2, -0.15) is 0 Å². The average Bonchev–Trinajstić information content (AvgIpc) is 2.61. The van der Waals surface area contributed by atoms with Gasteiger partial charge in [0.25, 0.3) is 0 Å². The minimum atomic E-state index is -0.986. The van der Waals surface area contributed by atoms with Crippen molar-refractivity contribution in [1.82, 2.24) is 0 Å². The lowest BCUT2D eigenvalue weighted by molar-refractivity contribution is -0.136. The number of hydrogen-bond donors (Lipinski definition) is 2. The molecule has 0 aliphatic carbocycles. The molecule has 1 heterocycles. The van der Waals surface area contributed by atoms with Crippen LogP contribution in [0.25, 0.3) is 11.0 Å². The zero-order valence-electron chi connectivity index (χ0n) is 7.53. The highest BCUT2D eigenvalue weighted by molar-refractivity contribution is 9.10. The number of carboxylic acid groups (broad SMARTS) is 1. The highest BCUT2D eigenvalue weighted by atomic mass is 79.9. The molecule has 0 spiro atoms. The van der Waals surface area contributed by atoms with Crippen LogP contribution in [0.4, 0.5) is 0 Å². The van der Waals surface area contributed by atoms with Crippen LogP contribution in [0.2, 0.25) is 0 Å². The van der Waals surface area contributed by atoms with Crippen molar-refractivity contribution in [2.24, 2.45) is 0 Å². The van der Waals surface area contributed by atoms with E-state index >= 15 is 0 Å². The summed E-state index contributed by atoms with van der Waals surface area (Å²) in [5.41, 5.74) is 0.880. The molecule has 0 saturated heterocycles. The Balaban J connectivity index is 2.64. The second-order valence-electron chi connectivity index (χ2n) is 3.11. The number of benzene rings is 1. The number of rotatable bonds is 2. The Bertz CT molecular complexity index is 529. The van der Waals surface area contributed by atoms with E-state index in [1.165, 1.54) is 6.26 Å². The summed E-state index contributed by atoms with van der Waals surface area (Å²) in [6.45, 7) is 0. The minimum absolute atomic E-state index is 0.0835. The first-order valence-electron chi connectivity index (χ1n) is 4.19. The molecule has 0 aliphatic rings. The molecule has 2 N–H and O–H groups in total. The molecule has 4 nitrogen and oxygen atoms in total. The van der Waals surface area contributed by atoms with E-state index in [4.69, 9.17) is 9.52 Å². The van der Waals surface area contributed by atoms with Gasteiger partial charge in [0.15, 0.2) is 5.58 Å². The van der Waals surface area contributed by atoms with Crippen molar-refractivity contribution < 1.29 is 19.4 Å². The van der Waals surface area contributed by atoms with Crippen molar-refractivity contribution in [3.05, 3.63) is 28.4 Å². The van der Waals surface area contributed by atoms with Gasteiger partial charge in [-0.1, -0.05) is 0 Å². The maximum Gasteiger partial charge on any atom is 0.307 e. The van der Waals surface area contributed by atoms with E-state index in [-0.39, 0.29) is 12.2 Å². The van der Waals surface area contributed by atoms with Crippen molar-refractivity contribution in [3.8, 4) is 5.75 Å². The van der Waals surface area contributed by atoms with Crippen LogP contribution < -0.4 is 0 Å². The van der Waals surface area contributed by atoms with E-state index in [1.807, 2.05) is 0 Å². The Morgan fingerprint density at radius 2 is 2.27 bits per heavy atom. The first-order valence-corrected chi connectivity index (χ1v) is 4.98. The molecule has 0 atom stereocenters. The Kier molecular flexibility index (Phi) is 2.40. The molecule has 0 unspecified atom stereocenters. The van der Waals surface area contributed by atoms with Crippen molar-refractivity contribution in [2.75, 3.05) is 0 Å². The van der Waals surface area contributed by atoms with Gasteiger partial charge < -0.3 is 14.6 Å². The molecular weight excluding hydrogens is 264 g/mol. The van der Waals surface area contributed by atoms with Crippen molar-refractivity contribution in [3.63, 3.8) is 0 Å². The standard InChI is InChI=1S/C10H7BrO4/c11-8-9(14)6(4-7(12)13)3-5-1-2-15-10(5)8/h1-3,14H,4H2,(H,12,13). The number of fused-ring (bicyclic) bond motifs is 1. The Hall–Kier alpha value is -1.49. The molecule has 2 aromatic rings. The van der Waals surface area contributed by atoms with Crippen LogP contribution in [0.5, 0.6) is 5.75 Å². The molecule has 1 aromatic heterocycles. The number of hydrogen-bond acceptors (Lipinski definition) is 3. The van der Waals surface area contributed by atoms with Gasteiger partial charge in [0, 0.05) is 10.9 Å². The third-order valence-corrected chi connectivity index (χ3v) is 2.81. The van der Waals surface area contributed by atoms with Gasteiger partial charge in [-0.25, -0.2) is 0 Å². The number of aromatic hydroxyl groups is 1. The van der Waals surface area contributed by atoms with Crippen LogP contribution in [-0.4, -0.2) is 16.2 Å². The van der Waals surface area contributed by atoms with Crippen LogP contribution >= 0.6 is 15.9 Å². The fraction of sp³-hybridized carbons (Fsp3) is 0.100. The summed E-state index contributed by atoms with van der Waals surface area (Å²) in [7, 11) is 0. The smallest absolute Gasteiger partial charge is 0.307 e. The van der Waals surface area contributed by atoms with Crippen LogP contribution in [0, 0.1) is 0 Å². The zero-order chi connectivity index (χ0) is 11.0. The maximum atomic E-state index is 10.6. The summed E-state index contributed by atoms with van der Waals surface area (Å²) in [5, 5.41) is 19.1. The first kappa shape index (κ1) is 10.0. The van der Waals surface area contributed by atoms with Crippen LogP contribution in [0.15, 0.2) is 27.3 Å². The predicted octanol–water partition coefficient (Wildman–Crippen LogP) is 2.53. The summed E-state index contributed by atoms with van der Waals surface area (Å²) in [6.07, 6.45) is 1.27. The third kappa shape index (κ3) is 1.70. The molecule has 15 heavy (non-hydrogen) atoms. The Morgan fingerprint density at radius 1 is 1.53 bits per heavy atom. The zero-order valence-corrected chi connectivity index (χ0v) is 9.11. The Morgan fingerprint density at radius 3 is 2.93 bits per heavy atom. The molecule has 2 rings (SSSR count). The molecule has 0 fully saturated rings. The highest BCUT2D eigenvalue weighted by Crippen LogP contribution is 2.36. The molecule has 0 aliphatic heterocycles. The van der Waals surface area contributed by atoms with E-state index in [9.17, 15) is 9.90 Å². The third-order valence-electron chi connectivity index (χ3n) is 2.08. The van der Waals surface area contributed by atoms with E-state index in [1.54, 1.807) is 12.1 Å². The fourth-order valence-corrected chi connectivity index (χ4v) is 1.99. The number of phenolic OH excluding ortho intramolecular Hbond substituents is 1. The van der Waals surface area contributed by atoms with Crippen molar-refractivity contribution >= 4 is 32.9 Å². The van der Waals surface area contributed by atoms with Gasteiger partial charge in [-0.3, -0.25) is 4.79 Å². The lowest BCUT2D eigenvalue weighted by Gasteiger charge is -2.04. The average molecular weight is 271 g/mol. The summed E-state index contributed by atoms with van der Waals surface area (Å²) >= 11 is 3.16. The molecule has 1 aromatic carbocycles. The van der Waals surface area contributed by atoms with Gasteiger partial charge in [-0.05, 0) is 28.1 Å². The molecular formula is C10H7BrO4. The fourth-order valence-electron chi connectivity index (χ4n) is 1.41. The molecule has 5 heteroatoms. The lowest BCUT2D eigenvalue weighted by atomic mass is 10.1. The highest BCUT2D eigenvalue weighted by Gasteiger charge is 2.14. The summed E-state index contributed by atoms with van der Waals surface area (Å²) in [6, 6.07) is 3.32. The quantitative estimate of drug-likeness (QED) is 0.880. The predicted molar refractivity (Wildman–Crippen MR) is 56.9 cm³/mol. The second kappa shape index (κ2) is 3.58. The topological polar surface area (TPSA) is 70.7 Å². The summed E-state index contributed by atoms with van der Waals surface area (Å²) in [5.74, 6) is -1.07. The minimum Gasteiger partial charge on any atom is -0.506 e. The SMILES string of the molecule is O=C(O)Cc1cc2ccoc2c(Br)c1O. The normalized spacial score (nSPS) is 10.7. The van der Waals surface area contributed by atoms with E-state index in [0.29, 0.717) is 15.6 Å². The van der Waals surface area contributed by atoms with Crippen molar-refractivity contribution in [1.29, 1.82) is 0 Å². The van der Waals surface area contributed by atoms with Gasteiger partial charge in [0.1, 0.15) is 10.2 Å². The van der Waals surface area contributed by atoms with E-state index in [2.05, 4.69) is 15.9 Å². The maximum absolute atomic E-state index is 10.6. The monoisotopic (exact) mass is 270 g/mol. The van der Waals surface area contributed by atoms with E-state index < -0.39 is 5.97 Å². The number of furan rings is 1. The van der Waals surface area contributed by atoms with Crippen molar-refractivity contribution in [2.45, 2.75) is 6.42 Å². The molecule has 0 amide bonds. The van der Waals surface area contributed by atoms with Gasteiger partial charge in [0.2, 0.25) is 0 Å². The molecule has 78 valence electrons. The lowest BCUT2D eigenvalue weighted by Crippen LogP contribution is -2.00. The summed E-state index contributed by atoms with van der Waals surface area (Å²) in [4.78, 5) is 10.6. The molecule has 0 saturated carbocycles. The number of carbonyl (C=O) groups is 1. The van der Waals surface area contributed by atoms with E-state index in [0.717, 1.165) is 5.39 Å². The number of phenols is 1. The molecule has 0 bridgehead atoms. The second-order valence-corrected chi connectivity index (χ2v) is 3.90. The number of aliphatic carboxylic acids is 1. The molecule has 0 radical (unpaired) electrons. The van der Waals surface area contributed by atoms with Gasteiger partial charge in [0.05, 0.1) is 12.7 Å².